The third-order valence-electron chi connectivity index (χ3n) is 6.89. The third kappa shape index (κ3) is 5.52. The normalized spacial score (nSPS) is 20.0. The molecule has 3 heterocycles. The fourth-order valence-corrected chi connectivity index (χ4v) is 6.27. The van der Waals surface area contributed by atoms with Gasteiger partial charge in [0.2, 0.25) is 15.9 Å². The van der Waals surface area contributed by atoms with Crippen LogP contribution in [0, 0.1) is 12.8 Å². The minimum atomic E-state index is -3.80. The molecule has 2 fully saturated rings. The lowest BCUT2D eigenvalue weighted by Gasteiger charge is -2.31. The third-order valence-corrected chi connectivity index (χ3v) is 8.73. The van der Waals surface area contributed by atoms with Gasteiger partial charge in [0.05, 0.1) is 5.92 Å². The van der Waals surface area contributed by atoms with E-state index in [1.165, 1.54) is 16.6 Å². The monoisotopic (exact) mass is 486 g/mol. The largest absolute Gasteiger partial charge is 0.356 e. The van der Waals surface area contributed by atoms with Gasteiger partial charge >= 0.3 is 0 Å². The molecule has 1 atom stereocenters. The number of piperidine rings is 1. The SMILES string of the molecule is Cc1ccccc1CNC(=O)C1CCCN(S(=O)(=O)c2c[nH]c(C(=O)N3CCCCCC3)c2)C1. The van der Waals surface area contributed by atoms with Gasteiger partial charge in [-0.15, -0.1) is 0 Å². The summed E-state index contributed by atoms with van der Waals surface area (Å²) in [4.78, 5) is 30.4. The number of hydrogen-bond donors (Lipinski definition) is 2. The molecule has 2 aromatic rings. The minimum Gasteiger partial charge on any atom is -0.356 e. The Balaban J connectivity index is 1.39. The van der Waals surface area contributed by atoms with Gasteiger partial charge in [-0.25, -0.2) is 8.42 Å². The maximum Gasteiger partial charge on any atom is 0.270 e. The quantitative estimate of drug-likeness (QED) is 0.655. The Hall–Kier alpha value is -2.65. The van der Waals surface area contributed by atoms with Crippen molar-refractivity contribution in [3.05, 3.63) is 53.3 Å². The lowest BCUT2D eigenvalue weighted by atomic mass is 9.98. The highest BCUT2D eigenvalue weighted by atomic mass is 32.2. The van der Waals surface area contributed by atoms with E-state index in [9.17, 15) is 18.0 Å². The Morgan fingerprint density at radius 1 is 1.06 bits per heavy atom. The van der Waals surface area contributed by atoms with Crippen molar-refractivity contribution in [1.29, 1.82) is 0 Å². The van der Waals surface area contributed by atoms with E-state index in [2.05, 4.69) is 10.3 Å². The maximum atomic E-state index is 13.3. The first kappa shape index (κ1) is 24.5. The molecule has 9 heteroatoms. The first-order chi connectivity index (χ1) is 16.4. The van der Waals surface area contributed by atoms with Crippen molar-refractivity contribution >= 4 is 21.8 Å². The summed E-state index contributed by atoms with van der Waals surface area (Å²) in [6.45, 7) is 4.33. The zero-order valence-electron chi connectivity index (χ0n) is 19.8. The standard InChI is InChI=1S/C25H34N4O4S/c1-19-9-4-5-10-20(19)16-27-24(30)21-11-8-14-29(18-21)34(32,33)22-15-23(26-17-22)25(31)28-12-6-2-3-7-13-28/h4-5,9-10,15,17,21,26H,2-3,6-8,11-14,16,18H2,1H3,(H,27,30). The Morgan fingerprint density at radius 3 is 2.53 bits per heavy atom. The maximum absolute atomic E-state index is 13.3. The molecule has 2 aliphatic rings. The average Bonchev–Trinajstić information content (AvgIpc) is 3.20. The van der Waals surface area contributed by atoms with Gasteiger partial charge < -0.3 is 15.2 Å². The molecule has 4 rings (SSSR count). The molecule has 0 saturated carbocycles. The number of sulfonamides is 1. The van der Waals surface area contributed by atoms with Crippen molar-refractivity contribution in [2.24, 2.45) is 5.92 Å². The molecule has 0 radical (unpaired) electrons. The van der Waals surface area contributed by atoms with Crippen molar-refractivity contribution in [1.82, 2.24) is 19.5 Å². The van der Waals surface area contributed by atoms with Gasteiger partial charge in [0, 0.05) is 38.9 Å². The van der Waals surface area contributed by atoms with Gasteiger partial charge in [-0.05, 0) is 49.8 Å². The van der Waals surface area contributed by atoms with Crippen molar-refractivity contribution in [3.63, 3.8) is 0 Å². The Kier molecular flexibility index (Phi) is 7.73. The number of carbonyl (C=O) groups excluding carboxylic acids is 2. The second-order valence-corrected chi connectivity index (χ2v) is 11.2. The highest BCUT2D eigenvalue weighted by Gasteiger charge is 2.34. The van der Waals surface area contributed by atoms with Gasteiger partial charge in [0.25, 0.3) is 5.91 Å². The molecule has 34 heavy (non-hydrogen) atoms. The van der Waals surface area contributed by atoms with E-state index < -0.39 is 15.9 Å². The van der Waals surface area contributed by atoms with Crippen LogP contribution in [-0.2, 0) is 21.4 Å². The van der Waals surface area contributed by atoms with E-state index in [4.69, 9.17) is 0 Å². The van der Waals surface area contributed by atoms with Crippen LogP contribution in [-0.4, -0.2) is 60.6 Å². The summed E-state index contributed by atoms with van der Waals surface area (Å²) in [5.74, 6) is -0.686. The molecule has 2 saturated heterocycles. The van der Waals surface area contributed by atoms with Gasteiger partial charge in [-0.1, -0.05) is 37.1 Å². The van der Waals surface area contributed by atoms with Crippen LogP contribution in [0.3, 0.4) is 0 Å². The summed E-state index contributed by atoms with van der Waals surface area (Å²) >= 11 is 0. The molecule has 184 valence electrons. The lowest BCUT2D eigenvalue weighted by Crippen LogP contribution is -2.45. The first-order valence-corrected chi connectivity index (χ1v) is 13.6. The first-order valence-electron chi connectivity index (χ1n) is 12.2. The highest BCUT2D eigenvalue weighted by Crippen LogP contribution is 2.25. The van der Waals surface area contributed by atoms with Crippen LogP contribution in [0.15, 0.2) is 41.4 Å². The fourth-order valence-electron chi connectivity index (χ4n) is 4.75. The molecule has 2 aliphatic heterocycles. The summed E-state index contributed by atoms with van der Waals surface area (Å²) in [7, 11) is -3.80. The molecule has 2 N–H and O–H groups in total. The number of aromatic nitrogens is 1. The van der Waals surface area contributed by atoms with Crippen LogP contribution in [0.1, 0.15) is 60.1 Å². The molecule has 2 amide bonds. The number of aromatic amines is 1. The zero-order valence-corrected chi connectivity index (χ0v) is 20.6. The van der Waals surface area contributed by atoms with E-state index in [1.807, 2.05) is 31.2 Å². The van der Waals surface area contributed by atoms with Crippen LogP contribution in [0.5, 0.6) is 0 Å². The second-order valence-electron chi connectivity index (χ2n) is 9.30. The number of carbonyl (C=O) groups is 2. The van der Waals surface area contributed by atoms with Gasteiger partial charge in [-0.2, -0.15) is 4.31 Å². The molecular formula is C25H34N4O4S. The predicted octanol–water partition coefficient (Wildman–Crippen LogP) is 3.06. The number of benzene rings is 1. The topological polar surface area (TPSA) is 103 Å². The summed E-state index contributed by atoms with van der Waals surface area (Å²) in [6, 6.07) is 9.30. The van der Waals surface area contributed by atoms with Crippen molar-refractivity contribution in [3.8, 4) is 0 Å². The number of amides is 2. The van der Waals surface area contributed by atoms with Gasteiger partial charge in [-0.3, -0.25) is 9.59 Å². The molecule has 1 unspecified atom stereocenters. The van der Waals surface area contributed by atoms with E-state index in [-0.39, 0.29) is 23.3 Å². The van der Waals surface area contributed by atoms with E-state index in [1.54, 1.807) is 4.90 Å². The average molecular weight is 487 g/mol. The number of H-pyrrole nitrogens is 1. The summed E-state index contributed by atoms with van der Waals surface area (Å²) in [6.07, 6.45) is 6.83. The number of rotatable bonds is 6. The second kappa shape index (κ2) is 10.7. The Bertz CT molecular complexity index is 1120. The number of nitrogens with zero attached hydrogens (tertiary/aromatic N) is 2. The molecule has 0 aliphatic carbocycles. The van der Waals surface area contributed by atoms with Crippen LogP contribution in [0.4, 0.5) is 0 Å². The van der Waals surface area contributed by atoms with Crippen LogP contribution >= 0.6 is 0 Å². The molecule has 1 aromatic heterocycles. The van der Waals surface area contributed by atoms with E-state index in [0.29, 0.717) is 44.7 Å². The van der Waals surface area contributed by atoms with E-state index >= 15 is 0 Å². The van der Waals surface area contributed by atoms with Crippen LogP contribution in [0.25, 0.3) is 0 Å². The van der Waals surface area contributed by atoms with Crippen LogP contribution in [0.2, 0.25) is 0 Å². The van der Waals surface area contributed by atoms with Gasteiger partial charge in [0.1, 0.15) is 10.6 Å². The molecule has 0 spiro atoms. The minimum absolute atomic E-state index is 0.0756. The summed E-state index contributed by atoms with van der Waals surface area (Å²) < 4.78 is 28.0. The zero-order chi connectivity index (χ0) is 24.1. The lowest BCUT2D eigenvalue weighted by molar-refractivity contribution is -0.126. The molecular weight excluding hydrogens is 452 g/mol. The number of hydrogen-bond acceptors (Lipinski definition) is 4. The molecule has 1 aromatic carbocycles. The van der Waals surface area contributed by atoms with Crippen LogP contribution < -0.4 is 5.32 Å². The summed E-state index contributed by atoms with van der Waals surface area (Å²) in [5.41, 5.74) is 2.45. The predicted molar refractivity (Wildman–Crippen MR) is 130 cm³/mol. The van der Waals surface area contributed by atoms with Crippen molar-refractivity contribution in [2.75, 3.05) is 26.2 Å². The van der Waals surface area contributed by atoms with E-state index in [0.717, 1.165) is 36.8 Å². The Morgan fingerprint density at radius 2 is 1.79 bits per heavy atom. The number of nitrogens with one attached hydrogen (secondary N) is 2. The van der Waals surface area contributed by atoms with Crippen molar-refractivity contribution in [2.45, 2.75) is 56.9 Å². The van der Waals surface area contributed by atoms with Gasteiger partial charge in [0.15, 0.2) is 0 Å². The smallest absolute Gasteiger partial charge is 0.270 e. The summed E-state index contributed by atoms with van der Waals surface area (Å²) in [5, 5.41) is 2.96. The van der Waals surface area contributed by atoms with Crippen molar-refractivity contribution < 1.29 is 18.0 Å². The highest BCUT2D eigenvalue weighted by molar-refractivity contribution is 7.89. The Labute approximate surface area is 201 Å². The molecule has 0 bridgehead atoms. The molecule has 8 nitrogen and oxygen atoms in total. The fraction of sp³-hybridized carbons (Fsp3) is 0.520. The number of aryl methyl sites for hydroxylation is 1. The number of likely N-dealkylation sites (tertiary alicyclic amines) is 1.